The van der Waals surface area contributed by atoms with Crippen molar-refractivity contribution >= 4 is 17.9 Å². The van der Waals surface area contributed by atoms with Crippen LogP contribution in [0.3, 0.4) is 0 Å². The molecule has 1 aromatic carbocycles. The highest BCUT2D eigenvalue weighted by Gasteiger charge is 2.37. The van der Waals surface area contributed by atoms with Gasteiger partial charge in [0.05, 0.1) is 0 Å². The SMILES string of the molecule is CCCCCN(C(=O)C(NC(=O)OC(C)(C)C)C(C)C)C(C(=O)NC(C)CCC)c1ccc(C)cc1. The van der Waals surface area contributed by atoms with Crippen LogP contribution in [-0.4, -0.2) is 47.0 Å². The van der Waals surface area contributed by atoms with Crippen molar-refractivity contribution in [1.29, 1.82) is 0 Å². The minimum Gasteiger partial charge on any atom is -0.444 e. The van der Waals surface area contributed by atoms with Crippen LogP contribution >= 0.6 is 0 Å². The Morgan fingerprint density at radius 2 is 1.56 bits per heavy atom. The molecule has 0 saturated heterocycles. The first-order valence-electron chi connectivity index (χ1n) is 13.5. The quantitative estimate of drug-likeness (QED) is 0.328. The van der Waals surface area contributed by atoms with Crippen LogP contribution in [0.1, 0.15) is 105 Å². The van der Waals surface area contributed by atoms with Gasteiger partial charge in [-0.25, -0.2) is 4.79 Å². The lowest BCUT2D eigenvalue weighted by atomic mass is 9.97. The Kier molecular flexibility index (Phi) is 13.0. The van der Waals surface area contributed by atoms with Crippen LogP contribution in [0.15, 0.2) is 24.3 Å². The van der Waals surface area contributed by atoms with Crippen molar-refractivity contribution in [3.63, 3.8) is 0 Å². The van der Waals surface area contributed by atoms with Crippen molar-refractivity contribution in [2.45, 2.75) is 118 Å². The molecule has 0 aliphatic carbocycles. The maximum atomic E-state index is 14.1. The maximum Gasteiger partial charge on any atom is 0.408 e. The second-order valence-corrected chi connectivity index (χ2v) is 11.1. The fourth-order valence-electron chi connectivity index (χ4n) is 4.07. The van der Waals surface area contributed by atoms with Gasteiger partial charge in [-0.2, -0.15) is 0 Å². The molecule has 0 saturated carbocycles. The molecular formula is C29H49N3O4. The van der Waals surface area contributed by atoms with E-state index < -0.39 is 23.8 Å². The number of nitrogens with one attached hydrogen (secondary N) is 2. The zero-order valence-corrected chi connectivity index (χ0v) is 23.9. The van der Waals surface area contributed by atoms with Crippen LogP contribution < -0.4 is 10.6 Å². The van der Waals surface area contributed by atoms with E-state index >= 15 is 0 Å². The molecule has 0 radical (unpaired) electrons. The van der Waals surface area contributed by atoms with Crippen LogP contribution in [0.25, 0.3) is 0 Å². The molecule has 1 aromatic rings. The lowest BCUT2D eigenvalue weighted by Gasteiger charge is -2.36. The number of nitrogens with zero attached hydrogens (tertiary/aromatic N) is 1. The highest BCUT2D eigenvalue weighted by atomic mass is 16.6. The molecule has 0 fully saturated rings. The highest BCUT2D eigenvalue weighted by Crippen LogP contribution is 2.25. The summed E-state index contributed by atoms with van der Waals surface area (Å²) in [7, 11) is 0. The van der Waals surface area contributed by atoms with E-state index in [9.17, 15) is 14.4 Å². The van der Waals surface area contributed by atoms with E-state index in [2.05, 4.69) is 24.5 Å². The van der Waals surface area contributed by atoms with Gasteiger partial charge in [0.15, 0.2) is 0 Å². The van der Waals surface area contributed by atoms with Gasteiger partial charge in [0, 0.05) is 12.6 Å². The number of carbonyl (C=O) groups excluding carboxylic acids is 3. The minimum absolute atomic E-state index is 0.0103. The van der Waals surface area contributed by atoms with Crippen LogP contribution in [-0.2, 0) is 14.3 Å². The van der Waals surface area contributed by atoms with Crippen LogP contribution in [0.4, 0.5) is 4.79 Å². The lowest BCUT2D eigenvalue weighted by molar-refractivity contribution is -0.143. The number of carbonyl (C=O) groups is 3. The van der Waals surface area contributed by atoms with Gasteiger partial charge in [-0.1, -0.05) is 76.8 Å². The molecule has 3 unspecified atom stereocenters. The van der Waals surface area contributed by atoms with Gasteiger partial charge in [0.2, 0.25) is 11.8 Å². The first-order chi connectivity index (χ1) is 16.8. The van der Waals surface area contributed by atoms with E-state index in [1.165, 1.54) is 0 Å². The Morgan fingerprint density at radius 1 is 0.944 bits per heavy atom. The molecule has 7 nitrogen and oxygen atoms in total. The van der Waals surface area contributed by atoms with Gasteiger partial charge in [-0.05, 0) is 58.9 Å². The summed E-state index contributed by atoms with van der Waals surface area (Å²) >= 11 is 0. The average molecular weight is 504 g/mol. The molecule has 0 heterocycles. The number of alkyl carbamates (subject to hydrolysis) is 1. The average Bonchev–Trinajstić information content (AvgIpc) is 2.76. The Morgan fingerprint density at radius 3 is 2.06 bits per heavy atom. The predicted octanol–water partition coefficient (Wildman–Crippen LogP) is 5.91. The molecule has 0 aromatic heterocycles. The Balaban J connectivity index is 3.44. The number of benzene rings is 1. The summed E-state index contributed by atoms with van der Waals surface area (Å²) < 4.78 is 5.43. The van der Waals surface area contributed by atoms with Crippen LogP contribution in [0.2, 0.25) is 0 Å². The first kappa shape index (κ1) is 31.5. The normalized spacial score (nSPS) is 14.1. The minimum atomic E-state index is -0.824. The van der Waals surface area contributed by atoms with Gasteiger partial charge in [-0.3, -0.25) is 9.59 Å². The molecule has 2 N–H and O–H groups in total. The molecule has 1 rings (SSSR count). The number of ether oxygens (including phenoxy) is 1. The van der Waals surface area contributed by atoms with E-state index in [1.54, 1.807) is 25.7 Å². The summed E-state index contributed by atoms with van der Waals surface area (Å²) in [5, 5.41) is 5.89. The van der Waals surface area contributed by atoms with Crippen molar-refractivity contribution < 1.29 is 19.1 Å². The largest absolute Gasteiger partial charge is 0.444 e. The molecule has 0 bridgehead atoms. The second-order valence-electron chi connectivity index (χ2n) is 11.1. The zero-order valence-electron chi connectivity index (χ0n) is 23.9. The zero-order chi connectivity index (χ0) is 27.5. The topological polar surface area (TPSA) is 87.7 Å². The van der Waals surface area contributed by atoms with Crippen molar-refractivity contribution in [2.75, 3.05) is 6.54 Å². The molecule has 0 aliphatic rings. The molecule has 0 aliphatic heterocycles. The summed E-state index contributed by atoms with van der Waals surface area (Å²) in [5.41, 5.74) is 1.15. The summed E-state index contributed by atoms with van der Waals surface area (Å²) in [5.74, 6) is -0.681. The standard InChI is InChI=1S/C29H49N3O4/c1-10-12-13-19-32(27(34)24(20(3)4)31-28(35)36-29(7,8)9)25(23-17-15-21(5)16-18-23)26(33)30-22(6)14-11-2/h15-18,20,22,24-25H,10-14,19H2,1-9H3,(H,30,33)(H,31,35). The third-order valence-corrected chi connectivity index (χ3v) is 5.95. The Labute approximate surface area is 218 Å². The van der Waals surface area contributed by atoms with E-state index in [-0.39, 0.29) is 23.8 Å². The lowest BCUT2D eigenvalue weighted by Crippen LogP contribution is -2.55. The number of hydrogen-bond donors (Lipinski definition) is 2. The fourth-order valence-corrected chi connectivity index (χ4v) is 4.07. The number of amides is 3. The van der Waals surface area contributed by atoms with E-state index in [0.29, 0.717) is 6.54 Å². The van der Waals surface area contributed by atoms with Crippen molar-refractivity contribution in [3.8, 4) is 0 Å². The van der Waals surface area contributed by atoms with E-state index in [1.807, 2.05) is 52.0 Å². The second kappa shape index (κ2) is 14.9. The highest BCUT2D eigenvalue weighted by molar-refractivity contribution is 5.92. The molecule has 7 heteroatoms. The van der Waals surface area contributed by atoms with Crippen molar-refractivity contribution in [1.82, 2.24) is 15.5 Å². The summed E-state index contributed by atoms with van der Waals surface area (Å²) in [6.07, 6.45) is 3.84. The third-order valence-electron chi connectivity index (χ3n) is 5.95. The van der Waals surface area contributed by atoms with Crippen LogP contribution in [0.5, 0.6) is 0 Å². The summed E-state index contributed by atoms with van der Waals surface area (Å²) in [4.78, 5) is 42.0. The molecule has 3 amide bonds. The van der Waals surface area contributed by atoms with Gasteiger partial charge in [0.1, 0.15) is 17.7 Å². The third kappa shape index (κ3) is 10.6. The van der Waals surface area contributed by atoms with E-state index in [0.717, 1.165) is 43.2 Å². The molecular weight excluding hydrogens is 454 g/mol. The number of unbranched alkanes of at least 4 members (excludes halogenated alkanes) is 2. The van der Waals surface area contributed by atoms with Gasteiger partial charge >= 0.3 is 6.09 Å². The first-order valence-corrected chi connectivity index (χ1v) is 13.5. The number of hydrogen-bond acceptors (Lipinski definition) is 4. The smallest absolute Gasteiger partial charge is 0.408 e. The molecule has 3 atom stereocenters. The van der Waals surface area contributed by atoms with Gasteiger partial charge in [-0.15, -0.1) is 0 Å². The number of aryl methyl sites for hydroxylation is 1. The summed E-state index contributed by atoms with van der Waals surface area (Å²) in [6, 6.07) is 6.11. The fraction of sp³-hybridized carbons (Fsp3) is 0.690. The van der Waals surface area contributed by atoms with Crippen molar-refractivity contribution in [2.24, 2.45) is 5.92 Å². The Bertz CT molecular complexity index is 830. The maximum absolute atomic E-state index is 14.1. The Hall–Kier alpha value is -2.57. The van der Waals surface area contributed by atoms with Crippen LogP contribution in [0, 0.1) is 12.8 Å². The van der Waals surface area contributed by atoms with Gasteiger partial charge in [0.25, 0.3) is 0 Å². The van der Waals surface area contributed by atoms with E-state index in [4.69, 9.17) is 4.74 Å². The molecule has 204 valence electrons. The van der Waals surface area contributed by atoms with Gasteiger partial charge < -0.3 is 20.3 Å². The number of rotatable bonds is 13. The molecule has 0 spiro atoms. The molecule has 36 heavy (non-hydrogen) atoms. The van der Waals surface area contributed by atoms with Crippen molar-refractivity contribution in [3.05, 3.63) is 35.4 Å². The summed E-state index contributed by atoms with van der Waals surface area (Å²) in [6.45, 7) is 17.7. The monoisotopic (exact) mass is 503 g/mol. The predicted molar refractivity (Wildman–Crippen MR) is 146 cm³/mol.